The fraction of sp³-hybridized carbons (Fsp3) is 0.316. The van der Waals surface area contributed by atoms with Gasteiger partial charge in [-0.15, -0.1) is 0 Å². The van der Waals surface area contributed by atoms with Crippen molar-refractivity contribution in [2.24, 2.45) is 11.7 Å². The van der Waals surface area contributed by atoms with E-state index in [4.69, 9.17) is 59.9 Å². The lowest BCUT2D eigenvalue weighted by Gasteiger charge is -2.13. The number of methoxy groups -OCH3 is 6. The number of halogens is 6. The summed E-state index contributed by atoms with van der Waals surface area (Å²) in [7, 11) is 9.47. The summed E-state index contributed by atoms with van der Waals surface area (Å²) < 4.78 is 99.2. The normalized spacial score (nSPS) is 10.4. The fourth-order valence-electron chi connectivity index (χ4n) is 4.91. The van der Waals surface area contributed by atoms with E-state index in [2.05, 4.69) is 10.9 Å². The van der Waals surface area contributed by atoms with Crippen LogP contribution in [0.25, 0.3) is 0 Å². The number of hydrogen-bond donors (Lipinski definition) is 4. The number of aromatic nitrogens is 2. The van der Waals surface area contributed by atoms with E-state index in [1.54, 1.807) is 42.7 Å². The summed E-state index contributed by atoms with van der Waals surface area (Å²) in [4.78, 5) is 40.4. The number of ether oxygens (including phenoxy) is 6. The molecule has 0 atom stereocenters. The molecule has 24 heteroatoms. The van der Waals surface area contributed by atoms with Gasteiger partial charge in [0.25, 0.3) is 0 Å². The molecule has 2 aromatic carbocycles. The first kappa shape index (κ1) is 52.9. The third kappa shape index (κ3) is 18.0. The highest BCUT2D eigenvalue weighted by molar-refractivity contribution is 5.78. The first-order chi connectivity index (χ1) is 29.1. The number of aliphatic carboxylic acids is 2. The predicted octanol–water partition coefficient (Wildman–Crippen LogP) is -0.242. The van der Waals surface area contributed by atoms with Crippen LogP contribution in [0.4, 0.5) is 26.3 Å². The van der Waals surface area contributed by atoms with Crippen molar-refractivity contribution in [1.29, 1.82) is 0 Å². The van der Waals surface area contributed by atoms with E-state index in [1.807, 2.05) is 82.5 Å². The summed E-state index contributed by atoms with van der Waals surface area (Å²) in [6.45, 7) is 1.18. The molecule has 6 N–H and O–H groups in total. The van der Waals surface area contributed by atoms with E-state index < -0.39 is 24.3 Å². The second kappa shape index (κ2) is 25.5. The molecule has 0 fully saturated rings. The van der Waals surface area contributed by atoms with Crippen LogP contribution < -0.4 is 70.3 Å². The van der Waals surface area contributed by atoms with E-state index in [0.717, 1.165) is 22.3 Å². The maximum atomic E-state index is 11.4. The highest BCUT2D eigenvalue weighted by atomic mass is 19.4. The fourth-order valence-corrected chi connectivity index (χ4v) is 4.91. The predicted molar refractivity (Wildman–Crippen MR) is 198 cm³/mol. The Labute approximate surface area is 350 Å². The molecule has 0 bridgehead atoms. The Morgan fingerprint density at radius 2 is 0.823 bits per heavy atom. The minimum Gasteiger partial charge on any atom is -0.542 e. The number of pyridine rings is 2. The third-order valence-electron chi connectivity index (χ3n) is 7.53. The Morgan fingerprint density at radius 3 is 1.03 bits per heavy atom. The number of nitrogens with zero attached hydrogens (tertiary/aromatic N) is 2. The van der Waals surface area contributed by atoms with E-state index in [9.17, 15) is 35.9 Å². The highest BCUT2D eigenvalue weighted by Gasteiger charge is 2.29. The molecule has 4 aromatic rings. The van der Waals surface area contributed by atoms with Gasteiger partial charge in [-0.1, -0.05) is 0 Å². The Kier molecular flexibility index (Phi) is 21.8. The highest BCUT2D eigenvalue weighted by Crippen LogP contribution is 2.39. The van der Waals surface area contributed by atoms with Crippen LogP contribution in [0.3, 0.4) is 0 Å². The summed E-state index contributed by atoms with van der Waals surface area (Å²) in [6, 6.07) is 15.1. The average Bonchev–Trinajstić information content (AvgIpc) is 3.22. The molecule has 0 unspecified atom stereocenters. The summed E-state index contributed by atoms with van der Waals surface area (Å²) in [6.07, 6.45) is -2.28. The Bertz CT molecular complexity index is 1910. The summed E-state index contributed by atoms with van der Waals surface area (Å²) in [5.41, 5.74) is 7.96. The molecule has 0 saturated heterocycles. The third-order valence-corrected chi connectivity index (χ3v) is 7.53. The lowest BCUT2D eigenvalue weighted by molar-refractivity contribution is -0.688. The Balaban J connectivity index is 0.000000476. The van der Waals surface area contributed by atoms with Gasteiger partial charge in [-0.05, 0) is 36.4 Å². The number of alkyl halides is 6. The minimum absolute atomic E-state index is 0.229. The number of hydrazine groups is 2. The molecule has 2 aromatic heterocycles. The van der Waals surface area contributed by atoms with Crippen LogP contribution in [0.5, 0.6) is 34.5 Å². The van der Waals surface area contributed by atoms with E-state index in [0.29, 0.717) is 47.6 Å². The van der Waals surface area contributed by atoms with Crippen LogP contribution in [0.15, 0.2) is 73.3 Å². The van der Waals surface area contributed by atoms with Gasteiger partial charge in [-0.3, -0.25) is 20.4 Å². The number of carboxylic acid groups (broad SMARTS) is 2. The topological polar surface area (TPSA) is 254 Å². The van der Waals surface area contributed by atoms with Crippen molar-refractivity contribution in [2.75, 3.05) is 42.7 Å². The van der Waals surface area contributed by atoms with Crippen LogP contribution >= 0.6 is 0 Å². The lowest BCUT2D eigenvalue weighted by Crippen LogP contribution is -2.37. The zero-order valence-electron chi connectivity index (χ0n) is 34.0. The Hall–Kier alpha value is -7.08. The van der Waals surface area contributed by atoms with Crippen molar-refractivity contribution in [3.63, 3.8) is 0 Å². The summed E-state index contributed by atoms with van der Waals surface area (Å²) in [5, 5.41) is 17.6. The van der Waals surface area contributed by atoms with Crippen molar-refractivity contribution in [2.45, 2.75) is 38.3 Å². The van der Waals surface area contributed by atoms with Gasteiger partial charge in [0.05, 0.1) is 55.5 Å². The molecule has 0 aliphatic heterocycles. The van der Waals surface area contributed by atoms with Crippen LogP contribution in [-0.2, 0) is 45.1 Å². The van der Waals surface area contributed by atoms with Crippen molar-refractivity contribution in [3.8, 4) is 34.5 Å². The molecule has 2 amide bonds. The van der Waals surface area contributed by atoms with Crippen LogP contribution in [0.2, 0.25) is 0 Å². The molecule has 0 aliphatic rings. The number of rotatable bonds is 14. The van der Waals surface area contributed by atoms with Gasteiger partial charge >= 0.3 is 12.4 Å². The minimum atomic E-state index is -5.19. The molecule has 0 spiro atoms. The molecular weight excluding hydrogens is 846 g/mol. The van der Waals surface area contributed by atoms with Crippen LogP contribution in [0, 0.1) is 0 Å². The van der Waals surface area contributed by atoms with Gasteiger partial charge in [0.2, 0.25) is 23.3 Å². The quantitative estimate of drug-likeness (QED) is 0.0420. The van der Waals surface area contributed by atoms with Crippen molar-refractivity contribution in [1.82, 2.24) is 10.9 Å². The zero-order chi connectivity index (χ0) is 47.2. The standard InChI is InChI=1S/2C17H21N3O4.2C2HF3O2/c2*1-22-14-7-13(8-15(23-2)17(14)24-3)11-20-6-4-5-12(10-20)9-16(21)19-18;2*3-2(4,5)1(6)7/h2*4-8,10H,9,11,18H2,1-3H3;2*(H,6,7). The number of nitrogens with one attached hydrogen (secondary N) is 2. The molecule has 0 aliphatic carbocycles. The average molecular weight is 891 g/mol. The molecule has 0 saturated carbocycles. The lowest BCUT2D eigenvalue weighted by atomic mass is 10.1. The smallest absolute Gasteiger partial charge is 0.430 e. The number of hydrogen-bond acceptors (Lipinski definition) is 14. The first-order valence-corrected chi connectivity index (χ1v) is 17.2. The van der Waals surface area contributed by atoms with Crippen molar-refractivity contribution >= 4 is 23.8 Å². The van der Waals surface area contributed by atoms with Gasteiger partial charge in [0.15, 0.2) is 60.9 Å². The van der Waals surface area contributed by atoms with Crippen molar-refractivity contribution < 1.29 is 93.3 Å². The molecule has 0 radical (unpaired) electrons. The number of benzene rings is 2. The monoisotopic (exact) mass is 890 g/mol. The van der Waals surface area contributed by atoms with Crippen LogP contribution in [-0.4, -0.2) is 78.8 Å². The molecule has 340 valence electrons. The van der Waals surface area contributed by atoms with E-state index >= 15 is 0 Å². The van der Waals surface area contributed by atoms with Gasteiger partial charge in [0.1, 0.15) is 11.9 Å². The largest absolute Gasteiger partial charge is 0.542 e. The molecule has 2 heterocycles. The SMILES string of the molecule is COc1cc(C[n+]2cccc(CC(=O)NN)c2)cc(OC)c1OC.COc1cc(C[n+]2cccc(CC(=O)NN)c2)cc(OC)c1OC.O=C([O-])C(F)(F)F.O=C([O-])C(F)(F)F. The van der Waals surface area contributed by atoms with Gasteiger partial charge in [-0.25, -0.2) is 20.8 Å². The summed E-state index contributed by atoms with van der Waals surface area (Å²) >= 11 is 0. The number of carbonyl (C=O) groups is 4. The van der Waals surface area contributed by atoms with Crippen LogP contribution in [0.1, 0.15) is 22.3 Å². The number of nitrogens with two attached hydrogens (primary N) is 2. The molecule has 18 nitrogen and oxygen atoms in total. The van der Waals surface area contributed by atoms with E-state index in [-0.39, 0.29) is 24.7 Å². The second-order valence-electron chi connectivity index (χ2n) is 11.9. The molecule has 4 rings (SSSR count). The van der Waals surface area contributed by atoms with Gasteiger partial charge < -0.3 is 48.2 Å². The Morgan fingerprint density at radius 1 is 0.548 bits per heavy atom. The summed E-state index contributed by atoms with van der Waals surface area (Å²) in [5.74, 6) is 7.29. The van der Waals surface area contributed by atoms with Gasteiger partial charge in [0, 0.05) is 34.4 Å². The van der Waals surface area contributed by atoms with E-state index in [1.165, 1.54) is 0 Å². The maximum absolute atomic E-state index is 11.4. The van der Waals surface area contributed by atoms with Gasteiger partial charge in [-0.2, -0.15) is 26.3 Å². The second-order valence-corrected chi connectivity index (χ2v) is 11.9. The number of amides is 2. The number of carbonyl (C=O) groups excluding carboxylic acids is 4. The first-order valence-electron chi connectivity index (χ1n) is 17.2. The molecular formula is C38H44F6N6O12. The maximum Gasteiger partial charge on any atom is 0.430 e. The zero-order valence-corrected chi connectivity index (χ0v) is 34.0. The molecule has 62 heavy (non-hydrogen) atoms. The number of carboxylic acids is 2. The van der Waals surface area contributed by atoms with Crippen molar-refractivity contribution in [3.05, 3.63) is 95.6 Å².